The summed E-state index contributed by atoms with van der Waals surface area (Å²) in [4.78, 5) is 24.9. The molecule has 1 amide bonds. The van der Waals surface area contributed by atoms with Crippen LogP contribution in [-0.4, -0.2) is 51.4 Å². The average Bonchev–Trinajstić information content (AvgIpc) is 2.68. The number of aliphatic hydroxyl groups excluding tert-OH is 2. The largest absolute Gasteiger partial charge is 0.396 e. The maximum Gasteiger partial charge on any atom is 0.227 e. The molecule has 0 radical (unpaired) electrons. The summed E-state index contributed by atoms with van der Waals surface area (Å²) in [7, 11) is 0. The Balaban J connectivity index is 2.36. The summed E-state index contributed by atoms with van der Waals surface area (Å²) in [5, 5.41) is 32.1. The highest BCUT2D eigenvalue weighted by Gasteiger charge is 2.64. The summed E-state index contributed by atoms with van der Waals surface area (Å²) in [5.41, 5.74) is -3.43. The first-order chi connectivity index (χ1) is 9.90. The van der Waals surface area contributed by atoms with Gasteiger partial charge in [-0.3, -0.25) is 9.59 Å². The van der Waals surface area contributed by atoms with Crippen LogP contribution < -0.4 is 5.32 Å². The molecule has 4 N–H and O–H groups in total. The topological polar surface area (TPSA) is 107 Å². The molecule has 0 saturated carbocycles. The lowest BCUT2D eigenvalue weighted by Gasteiger charge is -2.40. The van der Waals surface area contributed by atoms with Crippen LogP contribution in [-0.2, 0) is 9.59 Å². The second-order valence-corrected chi connectivity index (χ2v) is 6.09. The molecule has 1 aliphatic carbocycles. The van der Waals surface area contributed by atoms with Gasteiger partial charge in [-0.05, 0) is 32.6 Å². The van der Waals surface area contributed by atoms with E-state index in [4.69, 9.17) is 5.11 Å². The van der Waals surface area contributed by atoms with E-state index in [0.29, 0.717) is 6.42 Å². The fraction of sp³-hybridized carbons (Fsp3) is 0.733. The molecule has 6 heteroatoms. The summed E-state index contributed by atoms with van der Waals surface area (Å²) in [6, 6.07) is 0. The zero-order chi connectivity index (χ0) is 15.7. The van der Waals surface area contributed by atoms with Crippen molar-refractivity contribution in [1.29, 1.82) is 0 Å². The Morgan fingerprint density at radius 1 is 1.48 bits per heavy atom. The number of rotatable bonds is 5. The first-order valence-electron chi connectivity index (χ1n) is 7.38. The zero-order valence-corrected chi connectivity index (χ0v) is 12.2. The molecule has 0 unspecified atom stereocenters. The molecular weight excluding hydrogens is 274 g/mol. The predicted molar refractivity (Wildman–Crippen MR) is 75.3 cm³/mol. The standard InChI is InChI=1S/C15H23NO5/c1-14(21)11(7-8-17)13(20)16-15(14,9-18)12(19)10-5-3-2-4-6-10/h3,5,10-11,17-18,21H,2,4,6-9H2,1H3,(H,16,20)/t10-,11+,14+,15-/m1/s1. The van der Waals surface area contributed by atoms with Crippen LogP contribution in [0.3, 0.4) is 0 Å². The Bertz CT molecular complexity index is 459. The molecular formula is C15H23NO5. The molecule has 1 saturated heterocycles. The Hall–Kier alpha value is -1.24. The third-order valence-corrected chi connectivity index (χ3v) is 4.86. The number of carbonyl (C=O) groups excluding carboxylic acids is 2. The molecule has 0 aromatic carbocycles. The van der Waals surface area contributed by atoms with Gasteiger partial charge < -0.3 is 20.6 Å². The SMILES string of the molecule is C[C@]1(O)[C@@H](CCO)C(=O)N[C@]1(CO)C(=O)[C@@H]1C=CCCC1. The van der Waals surface area contributed by atoms with Crippen molar-refractivity contribution in [3.8, 4) is 0 Å². The van der Waals surface area contributed by atoms with E-state index < -0.39 is 35.5 Å². The summed E-state index contributed by atoms with van der Waals surface area (Å²) in [5.74, 6) is -2.19. The maximum absolute atomic E-state index is 12.8. The number of ketones is 1. The van der Waals surface area contributed by atoms with Crippen LogP contribution in [0.2, 0.25) is 0 Å². The fourth-order valence-corrected chi connectivity index (χ4v) is 3.45. The minimum atomic E-state index is -1.73. The highest BCUT2D eigenvalue weighted by atomic mass is 16.3. The number of allylic oxidation sites excluding steroid dienone is 2. The van der Waals surface area contributed by atoms with Gasteiger partial charge in [-0.25, -0.2) is 0 Å². The minimum Gasteiger partial charge on any atom is -0.396 e. The molecule has 0 aromatic rings. The van der Waals surface area contributed by atoms with Gasteiger partial charge in [0.15, 0.2) is 11.3 Å². The van der Waals surface area contributed by atoms with Gasteiger partial charge in [0.2, 0.25) is 5.91 Å². The highest BCUT2D eigenvalue weighted by Crippen LogP contribution is 2.41. The van der Waals surface area contributed by atoms with Gasteiger partial charge in [-0.15, -0.1) is 0 Å². The summed E-state index contributed by atoms with van der Waals surface area (Å²) < 4.78 is 0. The molecule has 0 bridgehead atoms. The smallest absolute Gasteiger partial charge is 0.227 e. The third kappa shape index (κ3) is 2.41. The zero-order valence-electron chi connectivity index (χ0n) is 12.2. The first-order valence-corrected chi connectivity index (χ1v) is 7.38. The van der Waals surface area contributed by atoms with E-state index in [0.717, 1.165) is 12.8 Å². The van der Waals surface area contributed by atoms with Crippen molar-refractivity contribution in [3.63, 3.8) is 0 Å². The Kier molecular flexibility index (Phi) is 4.51. The van der Waals surface area contributed by atoms with Crippen LogP contribution in [0.1, 0.15) is 32.6 Å². The van der Waals surface area contributed by atoms with Gasteiger partial charge in [0.1, 0.15) is 5.60 Å². The monoisotopic (exact) mass is 297 g/mol. The number of nitrogens with one attached hydrogen (secondary N) is 1. The van der Waals surface area contributed by atoms with Crippen LogP contribution in [0, 0.1) is 11.8 Å². The molecule has 1 aliphatic heterocycles. The number of aliphatic hydroxyl groups is 3. The third-order valence-electron chi connectivity index (χ3n) is 4.86. The predicted octanol–water partition coefficient (Wildman–Crippen LogP) is -0.478. The molecule has 2 aliphatic rings. The molecule has 1 fully saturated rings. The lowest BCUT2D eigenvalue weighted by Crippen LogP contribution is -2.66. The molecule has 2 rings (SSSR count). The summed E-state index contributed by atoms with van der Waals surface area (Å²) in [6.07, 6.45) is 6.16. The van der Waals surface area contributed by atoms with Crippen LogP contribution in [0.5, 0.6) is 0 Å². The van der Waals surface area contributed by atoms with Crippen molar-refractivity contribution in [2.75, 3.05) is 13.2 Å². The lowest BCUT2D eigenvalue weighted by atomic mass is 9.69. The number of hydrogen-bond donors (Lipinski definition) is 4. The highest BCUT2D eigenvalue weighted by molar-refractivity contribution is 6.01. The molecule has 21 heavy (non-hydrogen) atoms. The van der Waals surface area contributed by atoms with Crippen LogP contribution in [0.15, 0.2) is 12.2 Å². The number of hydrogen-bond acceptors (Lipinski definition) is 5. The second kappa shape index (κ2) is 5.87. The van der Waals surface area contributed by atoms with E-state index in [1.54, 1.807) is 6.08 Å². The Morgan fingerprint density at radius 3 is 2.71 bits per heavy atom. The maximum atomic E-state index is 12.8. The summed E-state index contributed by atoms with van der Waals surface area (Å²) >= 11 is 0. The van der Waals surface area contributed by atoms with Crippen LogP contribution >= 0.6 is 0 Å². The van der Waals surface area contributed by atoms with Crippen LogP contribution in [0.25, 0.3) is 0 Å². The number of amides is 1. The lowest BCUT2D eigenvalue weighted by molar-refractivity contribution is -0.143. The van der Waals surface area contributed by atoms with Gasteiger partial charge in [0.25, 0.3) is 0 Å². The molecule has 6 nitrogen and oxygen atoms in total. The normalized spacial score (nSPS) is 39.3. The fourth-order valence-electron chi connectivity index (χ4n) is 3.45. The Morgan fingerprint density at radius 2 is 2.19 bits per heavy atom. The van der Waals surface area contributed by atoms with Gasteiger partial charge in [0, 0.05) is 12.5 Å². The van der Waals surface area contributed by atoms with E-state index in [-0.39, 0.29) is 18.8 Å². The number of Topliss-reactive ketones (excluding diaryl/α,β-unsaturated/α-hetero) is 1. The quantitative estimate of drug-likeness (QED) is 0.513. The van der Waals surface area contributed by atoms with Crippen molar-refractivity contribution in [2.45, 2.75) is 43.7 Å². The van der Waals surface area contributed by atoms with Gasteiger partial charge >= 0.3 is 0 Å². The van der Waals surface area contributed by atoms with E-state index >= 15 is 0 Å². The number of carbonyl (C=O) groups is 2. The van der Waals surface area contributed by atoms with E-state index in [2.05, 4.69) is 5.32 Å². The molecule has 118 valence electrons. The van der Waals surface area contributed by atoms with Crippen molar-refractivity contribution in [3.05, 3.63) is 12.2 Å². The molecule has 1 heterocycles. The summed E-state index contributed by atoms with van der Waals surface area (Å²) in [6.45, 7) is 0.454. The van der Waals surface area contributed by atoms with Crippen molar-refractivity contribution in [1.82, 2.24) is 5.32 Å². The van der Waals surface area contributed by atoms with Gasteiger partial charge in [-0.1, -0.05) is 12.2 Å². The Labute approximate surface area is 123 Å². The van der Waals surface area contributed by atoms with E-state index in [1.807, 2.05) is 6.08 Å². The molecule has 0 aromatic heterocycles. The molecule has 0 spiro atoms. The molecule has 4 atom stereocenters. The first kappa shape index (κ1) is 16.1. The van der Waals surface area contributed by atoms with Crippen molar-refractivity contribution < 1.29 is 24.9 Å². The average molecular weight is 297 g/mol. The van der Waals surface area contributed by atoms with Gasteiger partial charge in [0.05, 0.1) is 12.5 Å². The van der Waals surface area contributed by atoms with E-state index in [1.165, 1.54) is 6.92 Å². The minimum absolute atomic E-state index is 0.0500. The second-order valence-electron chi connectivity index (χ2n) is 6.09. The van der Waals surface area contributed by atoms with Crippen molar-refractivity contribution >= 4 is 11.7 Å². The van der Waals surface area contributed by atoms with Crippen LogP contribution in [0.4, 0.5) is 0 Å². The van der Waals surface area contributed by atoms with Crippen molar-refractivity contribution in [2.24, 2.45) is 11.8 Å². The van der Waals surface area contributed by atoms with Gasteiger partial charge in [-0.2, -0.15) is 0 Å². The van der Waals surface area contributed by atoms with E-state index in [9.17, 15) is 19.8 Å².